The summed E-state index contributed by atoms with van der Waals surface area (Å²) in [6, 6.07) is -0.591. The Morgan fingerprint density at radius 1 is 1.38 bits per heavy atom. The van der Waals surface area contributed by atoms with Gasteiger partial charge in [0.1, 0.15) is 0 Å². The van der Waals surface area contributed by atoms with Crippen LogP contribution in [0.2, 0.25) is 0 Å². The van der Waals surface area contributed by atoms with E-state index in [2.05, 4.69) is 4.99 Å². The van der Waals surface area contributed by atoms with Gasteiger partial charge in [0, 0.05) is 13.1 Å². The summed E-state index contributed by atoms with van der Waals surface area (Å²) in [6.07, 6.45) is 3.85. The van der Waals surface area contributed by atoms with Crippen molar-refractivity contribution in [2.75, 3.05) is 13.1 Å². The Kier molecular flexibility index (Phi) is 5.04. The van der Waals surface area contributed by atoms with Crippen LogP contribution in [0, 0.1) is 0 Å². The molecule has 0 radical (unpaired) electrons. The van der Waals surface area contributed by atoms with Gasteiger partial charge in [-0.2, -0.15) is 0 Å². The number of guanidine groups is 1. The van der Waals surface area contributed by atoms with Crippen LogP contribution >= 0.6 is 0 Å². The van der Waals surface area contributed by atoms with Crippen LogP contribution in [-0.4, -0.2) is 36.1 Å². The van der Waals surface area contributed by atoms with E-state index in [0.29, 0.717) is 6.42 Å². The van der Waals surface area contributed by atoms with Gasteiger partial charge in [-0.1, -0.05) is 13.3 Å². The molecule has 1 aliphatic rings. The molecule has 0 aliphatic carbocycles. The van der Waals surface area contributed by atoms with Crippen LogP contribution in [0.5, 0.6) is 0 Å². The third kappa shape index (κ3) is 4.06. The van der Waals surface area contributed by atoms with E-state index in [1.807, 2.05) is 6.92 Å². The van der Waals surface area contributed by atoms with Gasteiger partial charge in [-0.05, 0) is 19.3 Å². The molecule has 92 valence electrons. The van der Waals surface area contributed by atoms with Crippen molar-refractivity contribution < 1.29 is 9.63 Å². The molecule has 1 unspecified atom stereocenters. The third-order valence-electron chi connectivity index (χ3n) is 2.50. The Labute approximate surface area is 95.6 Å². The standard InChI is InChI=1S/C10H20N4O2/c1-2-8(13-10(11)12)9(15)16-14-6-4-3-5-7-14/h8H,2-7H2,1H3,(H4,11,12,13). The molecule has 0 bridgehead atoms. The molecule has 0 aromatic heterocycles. The summed E-state index contributed by atoms with van der Waals surface area (Å²) in [5.41, 5.74) is 10.5. The molecule has 6 nitrogen and oxygen atoms in total. The van der Waals surface area contributed by atoms with E-state index in [-0.39, 0.29) is 11.9 Å². The average Bonchev–Trinajstić information content (AvgIpc) is 2.26. The Hall–Kier alpha value is -1.30. The Morgan fingerprint density at radius 2 is 2.00 bits per heavy atom. The summed E-state index contributed by atoms with van der Waals surface area (Å²) in [7, 11) is 0. The van der Waals surface area contributed by atoms with Gasteiger partial charge >= 0.3 is 5.97 Å². The van der Waals surface area contributed by atoms with E-state index in [1.165, 1.54) is 6.42 Å². The summed E-state index contributed by atoms with van der Waals surface area (Å²) in [4.78, 5) is 20.7. The van der Waals surface area contributed by atoms with Gasteiger partial charge in [0.05, 0.1) is 0 Å². The van der Waals surface area contributed by atoms with E-state index in [9.17, 15) is 4.79 Å². The molecule has 1 rings (SSSR count). The normalized spacial score (nSPS) is 18.8. The fourth-order valence-corrected chi connectivity index (χ4v) is 1.63. The Morgan fingerprint density at radius 3 is 2.50 bits per heavy atom. The molecule has 0 aromatic carbocycles. The van der Waals surface area contributed by atoms with Crippen molar-refractivity contribution in [1.82, 2.24) is 5.06 Å². The molecular formula is C10H20N4O2. The number of hydroxylamine groups is 2. The van der Waals surface area contributed by atoms with Gasteiger partial charge < -0.3 is 16.3 Å². The second kappa shape index (κ2) is 6.32. The fraction of sp³-hybridized carbons (Fsp3) is 0.800. The number of piperidine rings is 1. The smallest absolute Gasteiger partial charge is 0.349 e. The minimum atomic E-state index is -0.591. The number of nitrogens with zero attached hydrogens (tertiary/aromatic N) is 2. The fourth-order valence-electron chi connectivity index (χ4n) is 1.63. The zero-order chi connectivity index (χ0) is 12.0. The summed E-state index contributed by atoms with van der Waals surface area (Å²) < 4.78 is 0. The largest absolute Gasteiger partial charge is 0.370 e. The predicted molar refractivity (Wildman–Crippen MR) is 61.4 cm³/mol. The molecule has 1 aliphatic heterocycles. The number of aliphatic imine (C=N–C) groups is 1. The molecule has 0 spiro atoms. The zero-order valence-electron chi connectivity index (χ0n) is 9.69. The van der Waals surface area contributed by atoms with Crippen LogP contribution in [0.25, 0.3) is 0 Å². The van der Waals surface area contributed by atoms with E-state index in [1.54, 1.807) is 5.06 Å². The molecule has 1 atom stereocenters. The summed E-state index contributed by atoms with van der Waals surface area (Å²) in [6.45, 7) is 3.43. The van der Waals surface area contributed by atoms with Crippen LogP contribution in [0.15, 0.2) is 4.99 Å². The number of carbonyl (C=O) groups is 1. The third-order valence-corrected chi connectivity index (χ3v) is 2.50. The summed E-state index contributed by atoms with van der Waals surface area (Å²) in [5, 5.41) is 1.69. The number of rotatable bonds is 4. The van der Waals surface area contributed by atoms with Crippen molar-refractivity contribution in [3.63, 3.8) is 0 Å². The van der Waals surface area contributed by atoms with Crippen LogP contribution in [0.3, 0.4) is 0 Å². The van der Waals surface area contributed by atoms with Crippen molar-refractivity contribution in [2.24, 2.45) is 16.5 Å². The van der Waals surface area contributed by atoms with E-state index in [4.69, 9.17) is 16.3 Å². The second-order valence-corrected chi connectivity index (χ2v) is 3.88. The highest BCUT2D eigenvalue weighted by Crippen LogP contribution is 2.10. The number of nitrogens with two attached hydrogens (primary N) is 2. The molecule has 6 heteroatoms. The molecule has 4 N–H and O–H groups in total. The molecule has 16 heavy (non-hydrogen) atoms. The molecule has 1 fully saturated rings. The molecular weight excluding hydrogens is 208 g/mol. The lowest BCUT2D eigenvalue weighted by atomic mass is 10.2. The first-order valence-corrected chi connectivity index (χ1v) is 5.69. The van der Waals surface area contributed by atoms with Crippen molar-refractivity contribution in [1.29, 1.82) is 0 Å². The summed E-state index contributed by atoms with van der Waals surface area (Å²) >= 11 is 0. The van der Waals surface area contributed by atoms with Gasteiger partial charge in [-0.3, -0.25) is 0 Å². The SMILES string of the molecule is CCC(N=C(N)N)C(=O)ON1CCCCC1. The first kappa shape index (κ1) is 12.8. The van der Waals surface area contributed by atoms with Crippen LogP contribution < -0.4 is 11.5 Å². The highest BCUT2D eigenvalue weighted by molar-refractivity contribution is 5.82. The number of carbonyl (C=O) groups excluding carboxylic acids is 1. The van der Waals surface area contributed by atoms with Crippen molar-refractivity contribution in [2.45, 2.75) is 38.6 Å². The first-order valence-electron chi connectivity index (χ1n) is 5.69. The highest BCUT2D eigenvalue weighted by Gasteiger charge is 2.21. The lowest BCUT2D eigenvalue weighted by molar-refractivity contribution is -0.195. The first-order chi connectivity index (χ1) is 7.63. The molecule has 0 aromatic rings. The topological polar surface area (TPSA) is 93.9 Å². The quantitative estimate of drug-likeness (QED) is 0.521. The lowest BCUT2D eigenvalue weighted by Crippen LogP contribution is -2.37. The van der Waals surface area contributed by atoms with Crippen molar-refractivity contribution in [3.8, 4) is 0 Å². The van der Waals surface area contributed by atoms with E-state index in [0.717, 1.165) is 25.9 Å². The van der Waals surface area contributed by atoms with Crippen LogP contribution in [0.4, 0.5) is 0 Å². The predicted octanol–water partition coefficient (Wildman–Crippen LogP) is -0.0175. The molecule has 0 amide bonds. The van der Waals surface area contributed by atoms with Gasteiger partial charge in [0.2, 0.25) is 0 Å². The zero-order valence-corrected chi connectivity index (χ0v) is 9.69. The maximum atomic E-state index is 11.7. The van der Waals surface area contributed by atoms with Gasteiger partial charge in [0.15, 0.2) is 12.0 Å². The van der Waals surface area contributed by atoms with Crippen molar-refractivity contribution >= 4 is 11.9 Å². The van der Waals surface area contributed by atoms with Gasteiger partial charge in [0.25, 0.3) is 0 Å². The average molecular weight is 228 g/mol. The van der Waals surface area contributed by atoms with Crippen molar-refractivity contribution in [3.05, 3.63) is 0 Å². The Bertz CT molecular complexity index is 258. The second-order valence-electron chi connectivity index (χ2n) is 3.88. The van der Waals surface area contributed by atoms with Crippen LogP contribution in [-0.2, 0) is 9.63 Å². The maximum Gasteiger partial charge on any atom is 0.349 e. The molecule has 1 saturated heterocycles. The molecule has 1 heterocycles. The van der Waals surface area contributed by atoms with Gasteiger partial charge in [-0.25, -0.2) is 9.79 Å². The number of hydrogen-bond acceptors (Lipinski definition) is 4. The van der Waals surface area contributed by atoms with E-state index >= 15 is 0 Å². The molecule has 0 saturated carbocycles. The highest BCUT2D eigenvalue weighted by atomic mass is 16.7. The van der Waals surface area contributed by atoms with Gasteiger partial charge in [-0.15, -0.1) is 5.06 Å². The monoisotopic (exact) mass is 228 g/mol. The minimum Gasteiger partial charge on any atom is -0.370 e. The number of hydrogen-bond donors (Lipinski definition) is 2. The summed E-state index contributed by atoms with van der Waals surface area (Å²) in [5.74, 6) is -0.458. The lowest BCUT2D eigenvalue weighted by Gasteiger charge is -2.25. The van der Waals surface area contributed by atoms with Crippen LogP contribution in [0.1, 0.15) is 32.6 Å². The maximum absolute atomic E-state index is 11.7. The van der Waals surface area contributed by atoms with E-state index < -0.39 is 6.04 Å². The minimum absolute atomic E-state index is 0.0811. The Balaban J connectivity index is 2.45.